The Morgan fingerprint density at radius 1 is 1.29 bits per heavy atom. The van der Waals surface area contributed by atoms with Gasteiger partial charge in [0.15, 0.2) is 0 Å². The minimum atomic E-state index is -0.0433. The van der Waals surface area contributed by atoms with Gasteiger partial charge in [-0.25, -0.2) is 0 Å². The standard InChI is InChI=1S/C17H22N2OS/c18-16(21)12-14-8-4-5-9-15(14)17(20)19-11-10-13-6-2-1-3-7-13/h4-6,8-9H,1-3,7,10-12H2,(H2,18,21)(H,19,20). The second-order valence-corrected chi connectivity index (χ2v) is 5.94. The molecule has 4 heteroatoms. The molecule has 0 unspecified atom stereocenters. The molecule has 1 aliphatic carbocycles. The lowest BCUT2D eigenvalue weighted by Crippen LogP contribution is -2.26. The van der Waals surface area contributed by atoms with Gasteiger partial charge < -0.3 is 11.1 Å². The van der Waals surface area contributed by atoms with E-state index >= 15 is 0 Å². The minimum Gasteiger partial charge on any atom is -0.393 e. The first-order valence-electron chi connectivity index (χ1n) is 7.49. The van der Waals surface area contributed by atoms with Crippen LogP contribution in [0, 0.1) is 0 Å². The molecule has 0 spiro atoms. The Labute approximate surface area is 131 Å². The first-order valence-corrected chi connectivity index (χ1v) is 7.90. The summed E-state index contributed by atoms with van der Waals surface area (Å²) in [6.45, 7) is 0.687. The summed E-state index contributed by atoms with van der Waals surface area (Å²) in [6, 6.07) is 7.49. The van der Waals surface area contributed by atoms with E-state index in [2.05, 4.69) is 11.4 Å². The minimum absolute atomic E-state index is 0.0433. The van der Waals surface area contributed by atoms with Crippen LogP contribution in [-0.4, -0.2) is 17.4 Å². The SMILES string of the molecule is NC(=S)Cc1ccccc1C(=O)NCCC1=CCCCC1. The molecule has 21 heavy (non-hydrogen) atoms. The Bertz CT molecular complexity index is 551. The quantitative estimate of drug-likeness (QED) is 0.627. The number of allylic oxidation sites excluding steroid dienone is 1. The van der Waals surface area contributed by atoms with Crippen LogP contribution in [0.15, 0.2) is 35.9 Å². The third-order valence-electron chi connectivity index (χ3n) is 3.74. The van der Waals surface area contributed by atoms with Gasteiger partial charge in [-0.1, -0.05) is 42.1 Å². The monoisotopic (exact) mass is 302 g/mol. The van der Waals surface area contributed by atoms with Crippen molar-refractivity contribution in [2.24, 2.45) is 5.73 Å². The van der Waals surface area contributed by atoms with Crippen molar-refractivity contribution in [1.29, 1.82) is 0 Å². The maximum Gasteiger partial charge on any atom is 0.251 e. The van der Waals surface area contributed by atoms with Crippen molar-refractivity contribution in [2.45, 2.75) is 38.5 Å². The number of thiocarbonyl (C=S) groups is 1. The van der Waals surface area contributed by atoms with Crippen molar-refractivity contribution in [3.05, 3.63) is 47.0 Å². The molecule has 112 valence electrons. The first kappa shape index (κ1) is 15.7. The van der Waals surface area contributed by atoms with Crippen molar-refractivity contribution in [1.82, 2.24) is 5.32 Å². The third kappa shape index (κ3) is 4.97. The Hall–Kier alpha value is -1.68. The molecule has 0 fully saturated rings. The Kier molecular flexibility index (Phi) is 5.93. The number of carbonyl (C=O) groups excluding carboxylic acids is 1. The molecule has 0 heterocycles. The number of benzene rings is 1. The van der Waals surface area contributed by atoms with Crippen LogP contribution in [0.2, 0.25) is 0 Å². The number of nitrogens with two attached hydrogens (primary N) is 1. The van der Waals surface area contributed by atoms with Crippen LogP contribution in [0.25, 0.3) is 0 Å². The highest BCUT2D eigenvalue weighted by Crippen LogP contribution is 2.19. The predicted molar refractivity (Wildman–Crippen MR) is 90.4 cm³/mol. The Morgan fingerprint density at radius 2 is 2.10 bits per heavy atom. The number of hydrogen-bond acceptors (Lipinski definition) is 2. The molecular weight excluding hydrogens is 280 g/mol. The molecule has 3 nitrogen and oxygen atoms in total. The summed E-state index contributed by atoms with van der Waals surface area (Å²) in [6.07, 6.45) is 8.65. The summed E-state index contributed by atoms with van der Waals surface area (Å²) in [4.78, 5) is 12.7. The third-order valence-corrected chi connectivity index (χ3v) is 3.89. The van der Waals surface area contributed by atoms with E-state index in [0.717, 1.165) is 12.0 Å². The maximum absolute atomic E-state index is 12.3. The van der Waals surface area contributed by atoms with Gasteiger partial charge in [-0.15, -0.1) is 0 Å². The molecule has 1 amide bonds. The second kappa shape index (κ2) is 7.93. The molecule has 0 saturated carbocycles. The van der Waals surface area contributed by atoms with Gasteiger partial charge in [0, 0.05) is 18.5 Å². The van der Waals surface area contributed by atoms with E-state index < -0.39 is 0 Å². The van der Waals surface area contributed by atoms with Gasteiger partial charge in [-0.3, -0.25) is 4.79 Å². The number of carbonyl (C=O) groups is 1. The summed E-state index contributed by atoms with van der Waals surface area (Å²) in [7, 11) is 0. The van der Waals surface area contributed by atoms with Gasteiger partial charge in [0.1, 0.15) is 0 Å². The molecule has 2 rings (SSSR count). The first-order chi connectivity index (χ1) is 10.2. The molecule has 0 aliphatic heterocycles. The van der Waals surface area contributed by atoms with Gasteiger partial charge in [0.2, 0.25) is 0 Å². The average Bonchev–Trinajstić information content (AvgIpc) is 2.48. The lowest BCUT2D eigenvalue weighted by atomic mass is 9.97. The smallest absolute Gasteiger partial charge is 0.251 e. The van der Waals surface area contributed by atoms with E-state index in [0.29, 0.717) is 23.5 Å². The highest BCUT2D eigenvalue weighted by atomic mass is 32.1. The average molecular weight is 302 g/mol. The van der Waals surface area contributed by atoms with Gasteiger partial charge in [0.25, 0.3) is 5.91 Å². The van der Waals surface area contributed by atoms with Crippen LogP contribution in [0.3, 0.4) is 0 Å². The molecule has 1 aromatic carbocycles. The van der Waals surface area contributed by atoms with E-state index in [9.17, 15) is 4.79 Å². The van der Waals surface area contributed by atoms with Crippen molar-refractivity contribution in [3.63, 3.8) is 0 Å². The number of rotatable bonds is 6. The number of nitrogens with one attached hydrogen (secondary N) is 1. The number of amides is 1. The summed E-state index contributed by atoms with van der Waals surface area (Å²) >= 11 is 4.94. The Morgan fingerprint density at radius 3 is 2.81 bits per heavy atom. The highest BCUT2D eigenvalue weighted by molar-refractivity contribution is 7.80. The fraction of sp³-hybridized carbons (Fsp3) is 0.412. The molecule has 0 bridgehead atoms. The van der Waals surface area contributed by atoms with Crippen LogP contribution in [-0.2, 0) is 6.42 Å². The van der Waals surface area contributed by atoms with Gasteiger partial charge in [-0.05, 0) is 43.7 Å². The zero-order valence-corrected chi connectivity index (χ0v) is 13.0. The summed E-state index contributed by atoms with van der Waals surface area (Å²) < 4.78 is 0. The van der Waals surface area contributed by atoms with E-state index in [-0.39, 0.29) is 5.91 Å². The summed E-state index contributed by atoms with van der Waals surface area (Å²) in [5.74, 6) is -0.0433. The van der Waals surface area contributed by atoms with Crippen molar-refractivity contribution in [3.8, 4) is 0 Å². The van der Waals surface area contributed by atoms with Gasteiger partial charge in [0.05, 0.1) is 4.99 Å². The van der Waals surface area contributed by atoms with Gasteiger partial charge in [-0.2, -0.15) is 0 Å². The fourth-order valence-electron chi connectivity index (χ4n) is 2.65. The molecule has 1 aliphatic rings. The molecule has 0 aromatic heterocycles. The van der Waals surface area contributed by atoms with Crippen LogP contribution in [0.1, 0.15) is 48.0 Å². The molecule has 3 N–H and O–H groups in total. The van der Waals surface area contributed by atoms with E-state index in [1.165, 1.54) is 31.3 Å². The summed E-state index contributed by atoms with van der Waals surface area (Å²) in [5.41, 5.74) is 8.61. The number of hydrogen-bond donors (Lipinski definition) is 2. The van der Waals surface area contributed by atoms with Crippen LogP contribution in [0.4, 0.5) is 0 Å². The van der Waals surface area contributed by atoms with Crippen LogP contribution < -0.4 is 11.1 Å². The van der Waals surface area contributed by atoms with Crippen molar-refractivity contribution >= 4 is 23.1 Å². The normalized spacial score (nSPS) is 14.4. The fourth-order valence-corrected chi connectivity index (χ4v) is 2.80. The zero-order chi connectivity index (χ0) is 15.1. The lowest BCUT2D eigenvalue weighted by molar-refractivity contribution is 0.0953. The van der Waals surface area contributed by atoms with E-state index in [1.54, 1.807) is 0 Å². The lowest BCUT2D eigenvalue weighted by Gasteiger charge is -2.13. The molecule has 0 radical (unpaired) electrons. The predicted octanol–water partition coefficient (Wildman–Crippen LogP) is 3.14. The topological polar surface area (TPSA) is 55.1 Å². The molecule has 1 aromatic rings. The zero-order valence-electron chi connectivity index (χ0n) is 12.2. The highest BCUT2D eigenvalue weighted by Gasteiger charge is 2.11. The van der Waals surface area contributed by atoms with Gasteiger partial charge >= 0.3 is 0 Å². The maximum atomic E-state index is 12.3. The van der Waals surface area contributed by atoms with E-state index in [1.807, 2.05) is 24.3 Å². The molecule has 0 atom stereocenters. The second-order valence-electron chi connectivity index (χ2n) is 5.41. The Balaban J connectivity index is 1.91. The molecular formula is C17H22N2OS. The van der Waals surface area contributed by atoms with Crippen LogP contribution >= 0.6 is 12.2 Å². The van der Waals surface area contributed by atoms with Crippen molar-refractivity contribution in [2.75, 3.05) is 6.54 Å². The van der Waals surface area contributed by atoms with Crippen molar-refractivity contribution < 1.29 is 4.79 Å². The van der Waals surface area contributed by atoms with Crippen LogP contribution in [0.5, 0.6) is 0 Å². The van der Waals surface area contributed by atoms with E-state index in [4.69, 9.17) is 18.0 Å². The molecule has 0 saturated heterocycles. The summed E-state index contributed by atoms with van der Waals surface area (Å²) in [5, 5.41) is 3.00. The largest absolute Gasteiger partial charge is 0.393 e.